The summed E-state index contributed by atoms with van der Waals surface area (Å²) in [6.45, 7) is 3.86. The molecular weight excluding hydrogens is 325 g/mol. The first-order valence-corrected chi connectivity index (χ1v) is 8.39. The maximum atomic E-state index is 13.3. The third kappa shape index (κ3) is 6.10. The number of carbonyl (C=O) groups excluding carboxylic acids is 2. The van der Waals surface area contributed by atoms with Gasteiger partial charge in [0.1, 0.15) is 5.82 Å². The molecule has 1 atom stereocenters. The van der Waals surface area contributed by atoms with Crippen LogP contribution >= 0.6 is 0 Å². The molecule has 0 bridgehead atoms. The second-order valence-corrected chi connectivity index (χ2v) is 6.61. The molecule has 0 spiro atoms. The number of ether oxygens (including phenoxy) is 1. The van der Waals surface area contributed by atoms with Crippen LogP contribution in [0.15, 0.2) is 24.3 Å². The van der Waals surface area contributed by atoms with Gasteiger partial charge in [-0.15, -0.1) is 0 Å². The van der Waals surface area contributed by atoms with E-state index in [0.29, 0.717) is 19.6 Å². The van der Waals surface area contributed by atoms with Gasteiger partial charge in [-0.3, -0.25) is 9.59 Å². The van der Waals surface area contributed by atoms with Gasteiger partial charge in [0, 0.05) is 33.1 Å². The van der Waals surface area contributed by atoms with Crippen molar-refractivity contribution in [2.75, 3.05) is 46.8 Å². The summed E-state index contributed by atoms with van der Waals surface area (Å²) in [6.07, 6.45) is -0.305. The highest BCUT2D eigenvalue weighted by atomic mass is 19.1. The fourth-order valence-electron chi connectivity index (χ4n) is 2.70. The second kappa shape index (κ2) is 8.92. The first-order chi connectivity index (χ1) is 11.8. The molecule has 0 N–H and O–H groups in total. The van der Waals surface area contributed by atoms with Crippen molar-refractivity contribution in [3.63, 3.8) is 0 Å². The molecule has 1 aliphatic heterocycles. The zero-order valence-corrected chi connectivity index (χ0v) is 15.1. The normalized spacial score (nSPS) is 18.6. The van der Waals surface area contributed by atoms with E-state index < -0.39 is 0 Å². The standard InChI is InChI=1S/C18H26FN3O3/c1-14(23)22-11-17(25-13-15-5-4-6-16(19)9-15)10-21(18(24)12-22)8-7-20(2)3/h4-6,9,17H,7-8,10-13H2,1-3H3. The molecule has 1 aromatic rings. The van der Waals surface area contributed by atoms with Crippen molar-refractivity contribution in [3.05, 3.63) is 35.6 Å². The molecule has 2 rings (SSSR count). The molecule has 0 aliphatic carbocycles. The lowest BCUT2D eigenvalue weighted by Crippen LogP contribution is -2.41. The van der Waals surface area contributed by atoms with Crippen LogP contribution in [0.25, 0.3) is 0 Å². The maximum absolute atomic E-state index is 13.3. The summed E-state index contributed by atoms with van der Waals surface area (Å²) >= 11 is 0. The summed E-state index contributed by atoms with van der Waals surface area (Å²) in [5.74, 6) is -0.536. The molecule has 1 aliphatic rings. The minimum absolute atomic E-state index is 0.0720. The third-order valence-corrected chi connectivity index (χ3v) is 4.16. The highest BCUT2D eigenvalue weighted by molar-refractivity contribution is 5.84. The van der Waals surface area contributed by atoms with Crippen LogP contribution in [-0.2, 0) is 20.9 Å². The summed E-state index contributed by atoms with van der Waals surface area (Å²) in [7, 11) is 3.89. The first kappa shape index (κ1) is 19.3. The van der Waals surface area contributed by atoms with E-state index in [4.69, 9.17) is 4.74 Å². The summed E-state index contributed by atoms with van der Waals surface area (Å²) < 4.78 is 19.2. The second-order valence-electron chi connectivity index (χ2n) is 6.61. The number of benzene rings is 1. The molecule has 1 heterocycles. The molecule has 138 valence electrons. The lowest BCUT2D eigenvalue weighted by atomic mass is 10.2. The zero-order valence-electron chi connectivity index (χ0n) is 15.1. The molecule has 7 heteroatoms. The van der Waals surface area contributed by atoms with Crippen molar-refractivity contribution >= 4 is 11.8 Å². The van der Waals surface area contributed by atoms with Crippen LogP contribution < -0.4 is 0 Å². The first-order valence-electron chi connectivity index (χ1n) is 8.39. The van der Waals surface area contributed by atoms with Crippen molar-refractivity contribution < 1.29 is 18.7 Å². The number of likely N-dealkylation sites (N-methyl/N-ethyl adjacent to an activating group) is 1. The predicted molar refractivity (Wildman–Crippen MR) is 92.4 cm³/mol. The maximum Gasteiger partial charge on any atom is 0.242 e. The monoisotopic (exact) mass is 351 g/mol. The third-order valence-electron chi connectivity index (χ3n) is 4.16. The van der Waals surface area contributed by atoms with Gasteiger partial charge in [0.25, 0.3) is 0 Å². The highest BCUT2D eigenvalue weighted by Gasteiger charge is 2.29. The average Bonchev–Trinajstić information content (AvgIpc) is 2.70. The Morgan fingerprint density at radius 3 is 2.76 bits per heavy atom. The summed E-state index contributed by atoms with van der Waals surface area (Å²) in [5.41, 5.74) is 0.727. The predicted octanol–water partition coefficient (Wildman–Crippen LogP) is 0.963. The van der Waals surface area contributed by atoms with Gasteiger partial charge in [-0.2, -0.15) is 0 Å². The molecule has 0 radical (unpaired) electrons. The highest BCUT2D eigenvalue weighted by Crippen LogP contribution is 2.12. The topological polar surface area (TPSA) is 53.1 Å². The van der Waals surface area contributed by atoms with Crippen LogP contribution in [0.4, 0.5) is 4.39 Å². The van der Waals surface area contributed by atoms with Gasteiger partial charge < -0.3 is 19.4 Å². The summed E-state index contributed by atoms with van der Waals surface area (Å²) in [5, 5.41) is 0. The molecule has 0 aromatic heterocycles. The van der Waals surface area contributed by atoms with E-state index in [9.17, 15) is 14.0 Å². The number of nitrogens with zero attached hydrogens (tertiary/aromatic N) is 3. The largest absolute Gasteiger partial charge is 0.370 e. The summed E-state index contributed by atoms with van der Waals surface area (Å²) in [4.78, 5) is 29.4. The minimum atomic E-state index is -0.310. The van der Waals surface area contributed by atoms with Gasteiger partial charge in [-0.1, -0.05) is 12.1 Å². The van der Waals surface area contributed by atoms with Crippen molar-refractivity contribution in [3.8, 4) is 0 Å². The molecular formula is C18H26FN3O3. The van der Waals surface area contributed by atoms with E-state index in [1.54, 1.807) is 17.0 Å². The molecule has 2 amide bonds. The molecule has 1 unspecified atom stereocenters. The minimum Gasteiger partial charge on any atom is -0.370 e. The SMILES string of the molecule is CC(=O)N1CC(=O)N(CCN(C)C)CC(OCc2cccc(F)c2)C1. The van der Waals surface area contributed by atoms with Crippen LogP contribution in [0.2, 0.25) is 0 Å². The van der Waals surface area contributed by atoms with Crippen LogP contribution in [0.1, 0.15) is 12.5 Å². The van der Waals surface area contributed by atoms with Crippen molar-refractivity contribution in [2.24, 2.45) is 0 Å². The van der Waals surface area contributed by atoms with Crippen LogP contribution in [0.3, 0.4) is 0 Å². The Labute approximate surface area is 148 Å². The average molecular weight is 351 g/mol. The smallest absolute Gasteiger partial charge is 0.242 e. The quantitative estimate of drug-likeness (QED) is 0.766. The molecule has 6 nitrogen and oxygen atoms in total. The lowest BCUT2D eigenvalue weighted by Gasteiger charge is -2.25. The Hall–Kier alpha value is -1.99. The van der Waals surface area contributed by atoms with Gasteiger partial charge in [0.15, 0.2) is 0 Å². The Balaban J connectivity index is 2.04. The van der Waals surface area contributed by atoms with Crippen molar-refractivity contribution in [1.29, 1.82) is 0 Å². The van der Waals surface area contributed by atoms with Gasteiger partial charge in [-0.05, 0) is 31.8 Å². The Kier molecular flexibility index (Phi) is 6.90. The van der Waals surface area contributed by atoms with Crippen LogP contribution in [0, 0.1) is 5.82 Å². The molecule has 1 saturated heterocycles. The molecule has 1 fully saturated rings. The fraction of sp³-hybridized carbons (Fsp3) is 0.556. The lowest BCUT2D eigenvalue weighted by molar-refractivity contribution is -0.137. The Bertz CT molecular complexity index is 609. The van der Waals surface area contributed by atoms with Gasteiger partial charge in [0.2, 0.25) is 11.8 Å². The van der Waals surface area contributed by atoms with E-state index in [0.717, 1.165) is 12.1 Å². The summed E-state index contributed by atoms with van der Waals surface area (Å²) in [6, 6.07) is 6.23. The van der Waals surface area contributed by atoms with Gasteiger partial charge >= 0.3 is 0 Å². The number of hydrogen-bond donors (Lipinski definition) is 0. The zero-order chi connectivity index (χ0) is 18.4. The number of amides is 2. The van der Waals surface area contributed by atoms with Gasteiger partial charge in [0.05, 0.1) is 19.3 Å². The number of halogens is 1. The van der Waals surface area contributed by atoms with Crippen molar-refractivity contribution in [1.82, 2.24) is 14.7 Å². The van der Waals surface area contributed by atoms with E-state index in [1.807, 2.05) is 19.0 Å². The molecule has 1 aromatic carbocycles. The number of carbonyl (C=O) groups is 2. The van der Waals surface area contributed by atoms with Crippen LogP contribution in [0.5, 0.6) is 0 Å². The van der Waals surface area contributed by atoms with Crippen LogP contribution in [-0.4, -0.2) is 79.4 Å². The Morgan fingerprint density at radius 2 is 2.12 bits per heavy atom. The van der Waals surface area contributed by atoms with Crippen molar-refractivity contribution in [2.45, 2.75) is 19.6 Å². The van der Waals surface area contributed by atoms with Gasteiger partial charge in [-0.25, -0.2) is 4.39 Å². The van der Waals surface area contributed by atoms with E-state index in [1.165, 1.54) is 24.0 Å². The Morgan fingerprint density at radius 1 is 1.36 bits per heavy atom. The molecule has 0 saturated carbocycles. The van der Waals surface area contributed by atoms with E-state index in [2.05, 4.69) is 0 Å². The molecule has 25 heavy (non-hydrogen) atoms. The number of hydrogen-bond acceptors (Lipinski definition) is 4. The fourth-order valence-corrected chi connectivity index (χ4v) is 2.70. The number of rotatable bonds is 6. The van der Waals surface area contributed by atoms with E-state index >= 15 is 0 Å². The van der Waals surface area contributed by atoms with E-state index in [-0.39, 0.29) is 36.9 Å².